The molecular formula is C18H25FN2O3S. The number of hydrogen-bond acceptors (Lipinski definition) is 3. The zero-order valence-corrected chi connectivity index (χ0v) is 15.3. The van der Waals surface area contributed by atoms with Crippen molar-refractivity contribution in [2.45, 2.75) is 38.5 Å². The molecule has 7 heteroatoms. The normalized spacial score (nSPS) is 14.7. The third-order valence-corrected chi connectivity index (χ3v) is 5.35. The van der Waals surface area contributed by atoms with E-state index in [9.17, 15) is 17.6 Å². The fourth-order valence-electron chi connectivity index (χ4n) is 2.87. The molecule has 0 atom stereocenters. The van der Waals surface area contributed by atoms with E-state index < -0.39 is 15.8 Å². The SMILES string of the molecule is CS(=O)(=O)N(CCCC(=O)NCC1=CCCCC1)c1cccc(F)c1. The van der Waals surface area contributed by atoms with E-state index in [2.05, 4.69) is 11.4 Å². The molecule has 1 aromatic carbocycles. The fraction of sp³-hybridized carbons (Fsp3) is 0.500. The number of benzene rings is 1. The van der Waals surface area contributed by atoms with E-state index in [1.54, 1.807) is 6.07 Å². The van der Waals surface area contributed by atoms with Crippen molar-refractivity contribution in [3.8, 4) is 0 Å². The van der Waals surface area contributed by atoms with Crippen LogP contribution in [0.5, 0.6) is 0 Å². The van der Waals surface area contributed by atoms with Crippen LogP contribution < -0.4 is 9.62 Å². The van der Waals surface area contributed by atoms with Crippen molar-refractivity contribution >= 4 is 21.6 Å². The van der Waals surface area contributed by atoms with Crippen LogP contribution >= 0.6 is 0 Å². The number of carbonyl (C=O) groups excluding carboxylic acids is 1. The lowest BCUT2D eigenvalue weighted by atomic mass is 10.00. The maximum absolute atomic E-state index is 13.4. The van der Waals surface area contributed by atoms with Gasteiger partial charge in [-0.25, -0.2) is 12.8 Å². The minimum atomic E-state index is -3.54. The van der Waals surface area contributed by atoms with Gasteiger partial charge in [0.05, 0.1) is 11.9 Å². The van der Waals surface area contributed by atoms with Crippen LogP contribution in [0.15, 0.2) is 35.9 Å². The molecule has 138 valence electrons. The lowest BCUT2D eigenvalue weighted by molar-refractivity contribution is -0.120. The van der Waals surface area contributed by atoms with Gasteiger partial charge in [0.1, 0.15) is 5.82 Å². The summed E-state index contributed by atoms with van der Waals surface area (Å²) in [5, 5.41) is 2.88. The molecule has 0 saturated heterocycles. The lowest BCUT2D eigenvalue weighted by Crippen LogP contribution is -2.32. The van der Waals surface area contributed by atoms with Crippen LogP contribution in [0.4, 0.5) is 10.1 Å². The zero-order valence-electron chi connectivity index (χ0n) is 14.5. The molecule has 1 amide bonds. The van der Waals surface area contributed by atoms with Crippen molar-refractivity contribution in [3.63, 3.8) is 0 Å². The monoisotopic (exact) mass is 368 g/mol. The van der Waals surface area contributed by atoms with E-state index in [1.165, 1.54) is 36.6 Å². The highest BCUT2D eigenvalue weighted by atomic mass is 32.2. The average Bonchev–Trinajstić information content (AvgIpc) is 2.56. The van der Waals surface area contributed by atoms with Crippen LogP contribution in [0.1, 0.15) is 38.5 Å². The number of nitrogens with one attached hydrogen (secondary N) is 1. The molecule has 0 aromatic heterocycles. The predicted molar refractivity (Wildman–Crippen MR) is 97.4 cm³/mol. The molecular weight excluding hydrogens is 343 g/mol. The number of carbonyl (C=O) groups is 1. The van der Waals surface area contributed by atoms with Crippen LogP contribution in [0.2, 0.25) is 0 Å². The molecule has 0 saturated carbocycles. The molecule has 1 aliphatic rings. The Balaban J connectivity index is 1.84. The Morgan fingerprint density at radius 3 is 2.76 bits per heavy atom. The van der Waals surface area contributed by atoms with Gasteiger partial charge in [-0.15, -0.1) is 0 Å². The summed E-state index contributed by atoms with van der Waals surface area (Å²) in [5.41, 5.74) is 1.53. The molecule has 0 spiro atoms. The summed E-state index contributed by atoms with van der Waals surface area (Å²) < 4.78 is 38.4. The maximum atomic E-state index is 13.4. The van der Waals surface area contributed by atoms with Gasteiger partial charge >= 0.3 is 0 Å². The van der Waals surface area contributed by atoms with E-state index >= 15 is 0 Å². The van der Waals surface area contributed by atoms with Gasteiger partial charge in [-0.2, -0.15) is 0 Å². The molecule has 0 heterocycles. The minimum absolute atomic E-state index is 0.0980. The predicted octanol–water partition coefficient (Wildman–Crippen LogP) is 2.99. The van der Waals surface area contributed by atoms with Gasteiger partial charge in [-0.05, 0) is 50.3 Å². The van der Waals surface area contributed by atoms with Crippen molar-refractivity contribution < 1.29 is 17.6 Å². The van der Waals surface area contributed by atoms with Crippen molar-refractivity contribution in [3.05, 3.63) is 41.7 Å². The smallest absolute Gasteiger partial charge is 0.232 e. The molecule has 0 radical (unpaired) electrons. The Morgan fingerprint density at radius 1 is 1.32 bits per heavy atom. The van der Waals surface area contributed by atoms with Gasteiger partial charge in [0, 0.05) is 19.5 Å². The number of sulfonamides is 1. The number of anilines is 1. The Morgan fingerprint density at radius 2 is 2.12 bits per heavy atom. The summed E-state index contributed by atoms with van der Waals surface area (Å²) in [6.45, 7) is 0.705. The van der Waals surface area contributed by atoms with Crippen LogP contribution in [0.3, 0.4) is 0 Å². The molecule has 1 N–H and O–H groups in total. The first-order valence-electron chi connectivity index (χ1n) is 8.54. The van der Waals surface area contributed by atoms with Gasteiger partial charge < -0.3 is 5.32 Å². The standard InChI is InChI=1S/C18H25FN2O3S/c1-25(23,24)21(17-10-5-9-16(19)13-17)12-6-11-18(22)20-14-15-7-3-2-4-8-15/h5,7,9-10,13H,2-4,6,8,11-12,14H2,1H3,(H,20,22). The number of nitrogens with zero attached hydrogens (tertiary/aromatic N) is 1. The van der Waals surface area contributed by atoms with Crippen LogP contribution in [-0.2, 0) is 14.8 Å². The number of amides is 1. The summed E-state index contributed by atoms with van der Waals surface area (Å²) in [4.78, 5) is 11.9. The highest BCUT2D eigenvalue weighted by Crippen LogP contribution is 2.19. The van der Waals surface area contributed by atoms with E-state index in [-0.39, 0.29) is 24.6 Å². The van der Waals surface area contributed by atoms with E-state index in [0.29, 0.717) is 13.0 Å². The maximum Gasteiger partial charge on any atom is 0.232 e. The molecule has 0 fully saturated rings. The molecule has 0 unspecified atom stereocenters. The Bertz CT molecular complexity index is 732. The number of rotatable bonds is 8. The van der Waals surface area contributed by atoms with Gasteiger partial charge in [0.15, 0.2) is 0 Å². The molecule has 2 rings (SSSR count). The summed E-state index contributed by atoms with van der Waals surface area (Å²) in [6, 6.07) is 5.45. The molecule has 1 aliphatic carbocycles. The second kappa shape index (κ2) is 8.99. The molecule has 0 aliphatic heterocycles. The minimum Gasteiger partial charge on any atom is -0.352 e. The van der Waals surface area contributed by atoms with Crippen molar-refractivity contribution in [1.29, 1.82) is 0 Å². The fourth-order valence-corrected chi connectivity index (χ4v) is 3.82. The summed E-state index contributed by atoms with van der Waals surface area (Å²) in [6.07, 6.45) is 8.33. The summed E-state index contributed by atoms with van der Waals surface area (Å²) in [5.74, 6) is -0.594. The third kappa shape index (κ3) is 6.49. The zero-order chi connectivity index (χ0) is 18.3. The lowest BCUT2D eigenvalue weighted by Gasteiger charge is -2.22. The van der Waals surface area contributed by atoms with Gasteiger partial charge in [0.25, 0.3) is 0 Å². The number of halogens is 1. The van der Waals surface area contributed by atoms with Crippen molar-refractivity contribution in [1.82, 2.24) is 5.32 Å². The number of allylic oxidation sites excluding steroid dienone is 1. The van der Waals surface area contributed by atoms with Crippen molar-refractivity contribution in [2.24, 2.45) is 0 Å². The van der Waals surface area contributed by atoms with E-state index in [4.69, 9.17) is 0 Å². The average molecular weight is 368 g/mol. The van der Waals surface area contributed by atoms with E-state index in [1.807, 2.05) is 0 Å². The molecule has 0 bridgehead atoms. The highest BCUT2D eigenvalue weighted by Gasteiger charge is 2.18. The Kier molecular flexibility index (Phi) is 6.99. The van der Waals surface area contributed by atoms with Crippen LogP contribution in [0.25, 0.3) is 0 Å². The summed E-state index contributed by atoms with van der Waals surface area (Å²) in [7, 11) is -3.54. The second-order valence-corrected chi connectivity index (χ2v) is 8.21. The molecule has 5 nitrogen and oxygen atoms in total. The number of hydrogen-bond donors (Lipinski definition) is 1. The highest BCUT2D eigenvalue weighted by molar-refractivity contribution is 7.92. The van der Waals surface area contributed by atoms with Gasteiger partial charge in [-0.1, -0.05) is 17.7 Å². The quantitative estimate of drug-likeness (QED) is 0.718. The Hall–Kier alpha value is -1.89. The summed E-state index contributed by atoms with van der Waals surface area (Å²) >= 11 is 0. The largest absolute Gasteiger partial charge is 0.352 e. The first-order chi connectivity index (χ1) is 11.9. The van der Waals surface area contributed by atoms with Crippen molar-refractivity contribution in [2.75, 3.05) is 23.7 Å². The Labute approximate surface area is 149 Å². The third-order valence-electron chi connectivity index (χ3n) is 4.16. The second-order valence-electron chi connectivity index (χ2n) is 6.30. The first-order valence-corrected chi connectivity index (χ1v) is 10.4. The van der Waals surface area contributed by atoms with Crippen LogP contribution in [-0.4, -0.2) is 33.7 Å². The first kappa shape index (κ1) is 19.4. The topological polar surface area (TPSA) is 66.5 Å². The van der Waals surface area contributed by atoms with Gasteiger partial charge in [0.2, 0.25) is 15.9 Å². The molecule has 1 aromatic rings. The molecule has 25 heavy (non-hydrogen) atoms. The van der Waals surface area contributed by atoms with Gasteiger partial charge in [-0.3, -0.25) is 9.10 Å². The van der Waals surface area contributed by atoms with Crippen LogP contribution in [0, 0.1) is 5.82 Å². The van der Waals surface area contributed by atoms with E-state index in [0.717, 1.165) is 23.4 Å².